The molecule has 1 N–H and O–H groups in total. The van der Waals surface area contributed by atoms with Gasteiger partial charge in [-0.2, -0.15) is 15.3 Å². The summed E-state index contributed by atoms with van der Waals surface area (Å²) in [6, 6.07) is 0. The zero-order chi connectivity index (χ0) is 17.2. The van der Waals surface area contributed by atoms with Crippen molar-refractivity contribution in [2.24, 2.45) is 16.1 Å². The Morgan fingerprint density at radius 2 is 2.12 bits per heavy atom. The van der Waals surface area contributed by atoms with E-state index in [1.165, 1.54) is 12.8 Å². The van der Waals surface area contributed by atoms with Crippen LogP contribution in [-0.2, 0) is 17.8 Å². The van der Waals surface area contributed by atoms with Crippen LogP contribution in [0.5, 0.6) is 0 Å². The average molecular weight is 327 g/mol. The lowest BCUT2D eigenvalue weighted by molar-refractivity contribution is -0.120. The maximum absolute atomic E-state index is 12.2. The van der Waals surface area contributed by atoms with Crippen LogP contribution in [0.1, 0.15) is 49.1 Å². The van der Waals surface area contributed by atoms with E-state index >= 15 is 0 Å². The number of nitrogens with zero attached hydrogens (tertiary/aromatic N) is 4. The highest BCUT2D eigenvalue weighted by Crippen LogP contribution is 2.36. The third-order valence-electron chi connectivity index (χ3n) is 4.90. The number of aromatic nitrogens is 2. The molecule has 6 heteroatoms. The fourth-order valence-corrected chi connectivity index (χ4v) is 3.01. The molecule has 1 aliphatic heterocycles. The first-order valence-corrected chi connectivity index (χ1v) is 8.70. The Kier molecular flexibility index (Phi) is 4.70. The third kappa shape index (κ3) is 4.02. The molecule has 0 aromatic carbocycles. The zero-order valence-corrected chi connectivity index (χ0v) is 14.5. The van der Waals surface area contributed by atoms with Crippen molar-refractivity contribution in [2.45, 2.75) is 64.6 Å². The van der Waals surface area contributed by atoms with Crippen LogP contribution in [-0.4, -0.2) is 27.9 Å². The summed E-state index contributed by atoms with van der Waals surface area (Å²) in [5.41, 5.74) is 2.80. The molecule has 3 rings (SSSR count). The lowest BCUT2D eigenvalue weighted by Gasteiger charge is -2.10. The topological polar surface area (TPSA) is 71.6 Å². The smallest absolute Gasteiger partial charge is 0.224 e. The molecule has 1 aromatic rings. The second-order valence-corrected chi connectivity index (χ2v) is 6.94. The van der Waals surface area contributed by atoms with Gasteiger partial charge in [-0.05, 0) is 32.6 Å². The minimum Gasteiger partial charge on any atom is -0.356 e. The molecule has 1 saturated carbocycles. The second-order valence-electron chi connectivity index (χ2n) is 6.94. The monoisotopic (exact) mass is 327 g/mol. The maximum Gasteiger partial charge on any atom is 0.224 e. The summed E-state index contributed by atoms with van der Waals surface area (Å²) < 4.78 is 2.06. The first kappa shape index (κ1) is 16.7. The Labute approximate surface area is 143 Å². The molecule has 6 nitrogen and oxygen atoms in total. The van der Waals surface area contributed by atoms with Gasteiger partial charge in [-0.3, -0.25) is 9.48 Å². The predicted molar refractivity (Wildman–Crippen MR) is 91.4 cm³/mol. The van der Waals surface area contributed by atoms with Crippen LogP contribution in [0.15, 0.2) is 10.2 Å². The Hall–Kier alpha value is -2.16. The van der Waals surface area contributed by atoms with Crippen LogP contribution in [0.2, 0.25) is 0 Å². The van der Waals surface area contributed by atoms with E-state index in [0.717, 1.165) is 42.3 Å². The minimum absolute atomic E-state index is 0.0277. The van der Waals surface area contributed by atoms with Gasteiger partial charge in [0, 0.05) is 43.6 Å². The Morgan fingerprint density at radius 1 is 1.38 bits per heavy atom. The number of nitrogens with one attached hydrogen (secondary N) is 1. The molecule has 0 unspecified atom stereocenters. The van der Waals surface area contributed by atoms with Crippen LogP contribution >= 0.6 is 0 Å². The molecule has 1 aliphatic carbocycles. The fraction of sp³-hybridized carbons (Fsp3) is 0.667. The van der Waals surface area contributed by atoms with Crippen LogP contribution < -0.4 is 5.32 Å². The van der Waals surface area contributed by atoms with Gasteiger partial charge >= 0.3 is 0 Å². The van der Waals surface area contributed by atoms with Crippen molar-refractivity contribution in [3.05, 3.63) is 17.0 Å². The summed E-state index contributed by atoms with van der Waals surface area (Å²) in [5, 5.41) is 15.7. The Balaban J connectivity index is 1.46. The number of carbonyl (C=O) groups excluding carboxylic acids is 1. The van der Waals surface area contributed by atoms with Gasteiger partial charge < -0.3 is 5.32 Å². The lowest BCUT2D eigenvalue weighted by Crippen LogP contribution is -2.29. The highest BCUT2D eigenvalue weighted by Gasteiger charge is 2.38. The van der Waals surface area contributed by atoms with Gasteiger partial charge in [0.2, 0.25) is 5.91 Å². The van der Waals surface area contributed by atoms with Gasteiger partial charge in [0.05, 0.1) is 12.1 Å². The SMILES string of the molecule is C#CCCC1(CCNC(=O)Cc2c(C)nn(CC3CC3)c2C)N=N1. The standard InChI is InChI=1S/C18H25N5O/c1-4-5-8-18(21-22-18)9-10-19-17(24)11-16-13(2)20-23(14(16)3)12-15-6-7-15/h1,15H,5-12H2,2-3H3,(H,19,24). The normalized spacial score (nSPS) is 17.5. The molecule has 1 aromatic heterocycles. The quantitative estimate of drug-likeness (QED) is 0.708. The molecule has 1 fully saturated rings. The van der Waals surface area contributed by atoms with Gasteiger partial charge in [-0.25, -0.2) is 0 Å². The van der Waals surface area contributed by atoms with Crippen LogP contribution in [0, 0.1) is 32.1 Å². The molecule has 0 atom stereocenters. The summed E-state index contributed by atoms with van der Waals surface area (Å²) in [5.74, 6) is 3.41. The van der Waals surface area contributed by atoms with E-state index in [9.17, 15) is 4.79 Å². The van der Waals surface area contributed by atoms with Gasteiger partial charge in [0.1, 0.15) is 0 Å². The summed E-state index contributed by atoms with van der Waals surface area (Å²) in [7, 11) is 0. The summed E-state index contributed by atoms with van der Waals surface area (Å²) in [4.78, 5) is 12.2. The fourth-order valence-electron chi connectivity index (χ4n) is 3.01. The van der Waals surface area contributed by atoms with Crippen molar-refractivity contribution in [1.82, 2.24) is 15.1 Å². The number of carbonyl (C=O) groups is 1. The second kappa shape index (κ2) is 6.76. The van der Waals surface area contributed by atoms with Crippen molar-refractivity contribution in [2.75, 3.05) is 6.54 Å². The summed E-state index contributed by atoms with van der Waals surface area (Å²) in [6.45, 7) is 5.59. The van der Waals surface area contributed by atoms with E-state index in [-0.39, 0.29) is 11.6 Å². The van der Waals surface area contributed by atoms with Crippen LogP contribution in [0.25, 0.3) is 0 Å². The van der Waals surface area contributed by atoms with Crippen molar-refractivity contribution >= 4 is 5.91 Å². The highest BCUT2D eigenvalue weighted by molar-refractivity contribution is 5.79. The van der Waals surface area contributed by atoms with Gasteiger partial charge in [-0.15, -0.1) is 12.3 Å². The highest BCUT2D eigenvalue weighted by atomic mass is 16.1. The number of amides is 1. The molecule has 0 bridgehead atoms. The van der Waals surface area contributed by atoms with E-state index in [4.69, 9.17) is 6.42 Å². The molecule has 0 spiro atoms. The number of terminal acetylenes is 1. The molecule has 0 radical (unpaired) electrons. The van der Waals surface area contributed by atoms with E-state index in [0.29, 0.717) is 19.4 Å². The average Bonchev–Trinajstić information content (AvgIpc) is 3.45. The summed E-state index contributed by atoms with van der Waals surface area (Å²) in [6.07, 6.45) is 10.4. The Morgan fingerprint density at radius 3 is 2.75 bits per heavy atom. The van der Waals surface area contributed by atoms with Crippen LogP contribution in [0.4, 0.5) is 0 Å². The number of rotatable bonds is 9. The molecule has 24 heavy (non-hydrogen) atoms. The molecular weight excluding hydrogens is 302 g/mol. The van der Waals surface area contributed by atoms with Gasteiger partial charge in [0.15, 0.2) is 5.66 Å². The number of hydrogen-bond donors (Lipinski definition) is 1. The van der Waals surface area contributed by atoms with E-state index in [2.05, 4.69) is 38.2 Å². The van der Waals surface area contributed by atoms with Crippen LogP contribution in [0.3, 0.4) is 0 Å². The Bertz CT molecular complexity index is 687. The molecule has 0 saturated heterocycles. The zero-order valence-electron chi connectivity index (χ0n) is 14.5. The van der Waals surface area contributed by atoms with E-state index < -0.39 is 0 Å². The molecular formula is C18H25N5O. The number of aryl methyl sites for hydroxylation is 1. The third-order valence-corrected chi connectivity index (χ3v) is 4.90. The molecule has 1 amide bonds. The first-order chi connectivity index (χ1) is 11.5. The maximum atomic E-state index is 12.2. The van der Waals surface area contributed by atoms with Crippen molar-refractivity contribution < 1.29 is 4.79 Å². The molecule has 128 valence electrons. The van der Waals surface area contributed by atoms with E-state index in [1.807, 2.05) is 6.92 Å². The lowest BCUT2D eigenvalue weighted by atomic mass is 10.0. The van der Waals surface area contributed by atoms with Gasteiger partial charge in [0.25, 0.3) is 0 Å². The van der Waals surface area contributed by atoms with Gasteiger partial charge in [-0.1, -0.05) is 0 Å². The van der Waals surface area contributed by atoms with E-state index in [1.54, 1.807) is 0 Å². The largest absolute Gasteiger partial charge is 0.356 e. The minimum atomic E-state index is -0.333. The van der Waals surface area contributed by atoms with Crippen molar-refractivity contribution in [3.8, 4) is 12.3 Å². The molecule has 2 aliphatic rings. The number of hydrogen-bond acceptors (Lipinski definition) is 4. The first-order valence-electron chi connectivity index (χ1n) is 8.70. The summed E-state index contributed by atoms with van der Waals surface area (Å²) >= 11 is 0. The van der Waals surface area contributed by atoms with Crippen molar-refractivity contribution in [1.29, 1.82) is 0 Å². The predicted octanol–water partition coefficient (Wildman–Crippen LogP) is 2.53. The molecule has 2 heterocycles. The van der Waals surface area contributed by atoms with Crippen molar-refractivity contribution in [3.63, 3.8) is 0 Å².